The third-order valence-corrected chi connectivity index (χ3v) is 1.51. The van der Waals surface area contributed by atoms with Crippen LogP contribution >= 0.6 is 34.8 Å². The van der Waals surface area contributed by atoms with Crippen molar-refractivity contribution in [3.8, 4) is 5.88 Å². The van der Waals surface area contributed by atoms with Crippen LogP contribution in [0.25, 0.3) is 0 Å². The topological polar surface area (TPSA) is 39.2 Å². The van der Waals surface area contributed by atoms with Crippen LogP contribution in [0.15, 0.2) is 12.3 Å². The molecule has 6 heteroatoms. The summed E-state index contributed by atoms with van der Waals surface area (Å²) >= 11 is 16.1. The van der Waals surface area contributed by atoms with E-state index in [4.69, 9.17) is 34.8 Å². The van der Waals surface area contributed by atoms with Crippen LogP contribution < -0.4 is 4.74 Å². The van der Waals surface area contributed by atoms with Gasteiger partial charge >= 0.3 is 5.43 Å². The van der Waals surface area contributed by atoms with Crippen LogP contribution in [-0.4, -0.2) is 10.4 Å². The standard InChI is InChI=1S/C6H2Cl3NO2/c7-3-1-4(8)5(10-2-3)12-6(9)11/h1-2H. The summed E-state index contributed by atoms with van der Waals surface area (Å²) < 4.78 is 4.42. The zero-order valence-corrected chi connectivity index (χ0v) is 7.82. The number of aromatic nitrogens is 1. The highest BCUT2D eigenvalue weighted by Crippen LogP contribution is 2.24. The number of nitrogens with zero attached hydrogens (tertiary/aromatic N) is 1. The first-order valence-electron chi connectivity index (χ1n) is 2.78. The first-order chi connectivity index (χ1) is 5.59. The first-order valence-corrected chi connectivity index (χ1v) is 3.91. The highest BCUT2D eigenvalue weighted by molar-refractivity contribution is 6.61. The van der Waals surface area contributed by atoms with Crippen molar-refractivity contribution in [1.29, 1.82) is 0 Å². The van der Waals surface area contributed by atoms with E-state index in [2.05, 4.69) is 9.72 Å². The second-order valence-corrected chi connectivity index (χ2v) is 2.93. The van der Waals surface area contributed by atoms with Crippen molar-refractivity contribution in [2.45, 2.75) is 0 Å². The highest BCUT2D eigenvalue weighted by Gasteiger charge is 2.07. The van der Waals surface area contributed by atoms with Crippen molar-refractivity contribution >= 4 is 40.2 Å². The van der Waals surface area contributed by atoms with E-state index in [0.29, 0.717) is 5.02 Å². The molecular formula is C6H2Cl3NO2. The van der Waals surface area contributed by atoms with Gasteiger partial charge in [0, 0.05) is 17.8 Å². The van der Waals surface area contributed by atoms with E-state index in [1.54, 1.807) is 0 Å². The summed E-state index contributed by atoms with van der Waals surface area (Å²) in [5.74, 6) is -0.0546. The normalized spacial score (nSPS) is 9.58. The van der Waals surface area contributed by atoms with Crippen LogP contribution in [0.3, 0.4) is 0 Å². The van der Waals surface area contributed by atoms with Gasteiger partial charge in [-0.2, -0.15) is 0 Å². The van der Waals surface area contributed by atoms with Crippen LogP contribution in [0.4, 0.5) is 4.79 Å². The Labute approximate surface area is 83.2 Å². The molecule has 0 aromatic carbocycles. The molecule has 0 aliphatic carbocycles. The smallest absolute Gasteiger partial charge is 0.394 e. The van der Waals surface area contributed by atoms with Gasteiger partial charge in [0.15, 0.2) is 0 Å². The number of pyridine rings is 1. The predicted molar refractivity (Wildman–Crippen MR) is 46.1 cm³/mol. The largest absolute Gasteiger partial charge is 0.410 e. The minimum absolute atomic E-state index is 0.0546. The molecule has 1 aromatic heterocycles. The van der Waals surface area contributed by atoms with Crippen LogP contribution in [0.1, 0.15) is 0 Å². The van der Waals surface area contributed by atoms with Gasteiger partial charge in [0.05, 0.1) is 5.02 Å². The number of rotatable bonds is 1. The van der Waals surface area contributed by atoms with E-state index in [1.807, 2.05) is 0 Å². The van der Waals surface area contributed by atoms with Crippen molar-refractivity contribution in [2.75, 3.05) is 0 Å². The number of hydrogen-bond donors (Lipinski definition) is 0. The molecule has 0 spiro atoms. The fourth-order valence-corrected chi connectivity index (χ4v) is 1.04. The Bertz CT molecular complexity index is 316. The molecule has 0 N–H and O–H groups in total. The lowest BCUT2D eigenvalue weighted by atomic mass is 10.5. The van der Waals surface area contributed by atoms with Gasteiger partial charge in [-0.1, -0.05) is 23.2 Å². The van der Waals surface area contributed by atoms with Gasteiger partial charge in [-0.15, -0.1) is 0 Å². The molecule has 1 rings (SSSR count). The molecule has 1 aromatic rings. The molecule has 0 amide bonds. The third kappa shape index (κ3) is 2.52. The van der Waals surface area contributed by atoms with Crippen molar-refractivity contribution in [3.63, 3.8) is 0 Å². The van der Waals surface area contributed by atoms with Gasteiger partial charge in [0.25, 0.3) is 0 Å². The molecular weight excluding hydrogens is 224 g/mol. The zero-order chi connectivity index (χ0) is 9.14. The minimum atomic E-state index is -0.994. The van der Waals surface area contributed by atoms with Gasteiger partial charge in [-0.25, -0.2) is 9.78 Å². The van der Waals surface area contributed by atoms with E-state index < -0.39 is 5.43 Å². The molecule has 12 heavy (non-hydrogen) atoms. The van der Waals surface area contributed by atoms with E-state index in [0.717, 1.165) is 0 Å². The highest BCUT2D eigenvalue weighted by atomic mass is 35.5. The Balaban J connectivity index is 2.93. The average molecular weight is 226 g/mol. The van der Waals surface area contributed by atoms with Crippen molar-refractivity contribution in [3.05, 3.63) is 22.3 Å². The number of carbonyl (C=O) groups excluding carboxylic acids is 1. The van der Waals surface area contributed by atoms with Gasteiger partial charge in [-0.3, -0.25) is 0 Å². The number of hydrogen-bond acceptors (Lipinski definition) is 3. The SMILES string of the molecule is O=C(Cl)Oc1ncc(Cl)cc1Cl. The Morgan fingerprint density at radius 2 is 2.17 bits per heavy atom. The molecule has 0 fully saturated rings. The summed E-state index contributed by atoms with van der Waals surface area (Å²) in [4.78, 5) is 13.9. The minimum Gasteiger partial charge on any atom is -0.394 e. The Morgan fingerprint density at radius 1 is 1.50 bits per heavy atom. The summed E-state index contributed by atoms with van der Waals surface area (Å²) in [7, 11) is 0. The van der Waals surface area contributed by atoms with Crippen LogP contribution in [0.5, 0.6) is 5.88 Å². The molecule has 0 atom stereocenters. The van der Waals surface area contributed by atoms with Crippen molar-refractivity contribution in [2.24, 2.45) is 0 Å². The van der Waals surface area contributed by atoms with E-state index in [9.17, 15) is 4.79 Å². The quantitative estimate of drug-likeness (QED) is 0.691. The number of carbonyl (C=O) groups is 1. The maximum atomic E-state index is 10.3. The lowest BCUT2D eigenvalue weighted by molar-refractivity contribution is 0.224. The maximum absolute atomic E-state index is 10.3. The van der Waals surface area contributed by atoms with Gasteiger partial charge in [0.2, 0.25) is 5.88 Å². The predicted octanol–water partition coefficient (Wildman–Crippen LogP) is 3.13. The monoisotopic (exact) mass is 225 g/mol. The van der Waals surface area contributed by atoms with Crippen molar-refractivity contribution < 1.29 is 9.53 Å². The first kappa shape index (κ1) is 9.58. The summed E-state index contributed by atoms with van der Waals surface area (Å²) in [5.41, 5.74) is -0.994. The van der Waals surface area contributed by atoms with Crippen LogP contribution in [0.2, 0.25) is 10.0 Å². The Morgan fingerprint density at radius 3 is 2.67 bits per heavy atom. The fourth-order valence-electron chi connectivity index (χ4n) is 0.553. The van der Waals surface area contributed by atoms with Gasteiger partial charge < -0.3 is 4.74 Å². The molecule has 0 radical (unpaired) electrons. The second kappa shape index (κ2) is 3.94. The molecule has 0 unspecified atom stereocenters. The third-order valence-electron chi connectivity index (χ3n) is 0.951. The number of ether oxygens (including phenoxy) is 1. The van der Waals surface area contributed by atoms with E-state index in [1.165, 1.54) is 12.3 Å². The lowest BCUT2D eigenvalue weighted by Gasteiger charge is -2.00. The summed E-state index contributed by atoms with van der Waals surface area (Å²) in [5, 5.41) is 0.492. The number of halogens is 3. The summed E-state index contributed by atoms with van der Waals surface area (Å²) in [6.45, 7) is 0. The molecule has 3 nitrogen and oxygen atoms in total. The van der Waals surface area contributed by atoms with Crippen LogP contribution in [-0.2, 0) is 0 Å². The molecule has 0 saturated carbocycles. The lowest BCUT2D eigenvalue weighted by Crippen LogP contribution is -1.98. The van der Waals surface area contributed by atoms with E-state index in [-0.39, 0.29) is 10.9 Å². The average Bonchev–Trinajstić information content (AvgIpc) is 1.94. The molecule has 64 valence electrons. The van der Waals surface area contributed by atoms with Crippen molar-refractivity contribution in [1.82, 2.24) is 4.98 Å². The van der Waals surface area contributed by atoms with Gasteiger partial charge in [0.1, 0.15) is 5.02 Å². The summed E-state index contributed by atoms with van der Waals surface area (Å²) in [6, 6.07) is 1.39. The molecule has 0 aliphatic heterocycles. The Hall–Kier alpha value is -0.510. The molecule has 0 bridgehead atoms. The van der Waals surface area contributed by atoms with Gasteiger partial charge in [-0.05, 0) is 6.07 Å². The van der Waals surface area contributed by atoms with Crippen LogP contribution in [0, 0.1) is 0 Å². The zero-order valence-electron chi connectivity index (χ0n) is 5.55. The molecule has 0 aliphatic rings. The fraction of sp³-hybridized carbons (Fsp3) is 0. The second-order valence-electron chi connectivity index (χ2n) is 1.78. The summed E-state index contributed by atoms with van der Waals surface area (Å²) in [6.07, 6.45) is 1.29. The molecule has 1 heterocycles. The molecule has 0 saturated heterocycles. The maximum Gasteiger partial charge on any atom is 0.410 e. The van der Waals surface area contributed by atoms with E-state index >= 15 is 0 Å². The Kier molecular flexibility index (Phi) is 3.14.